The molecule has 2 rings (SSSR count). The van der Waals surface area contributed by atoms with Crippen LogP contribution in [-0.4, -0.2) is 33.6 Å². The molecule has 0 saturated carbocycles. The van der Waals surface area contributed by atoms with Crippen LogP contribution in [0.15, 0.2) is 16.3 Å². The van der Waals surface area contributed by atoms with Gasteiger partial charge in [0, 0.05) is 34.1 Å². The lowest BCUT2D eigenvalue weighted by Gasteiger charge is -2.18. The minimum atomic E-state index is -3.71. The monoisotopic (exact) mass is 337 g/mol. The van der Waals surface area contributed by atoms with Crippen molar-refractivity contribution in [1.82, 2.24) is 5.32 Å². The standard InChI is InChI=1S/C12H16ClNO4S2/c1-8(9-4-5-18-7-9)14-11(15)6-10-2-3-12(19-10)20(13,16)17/h2-3,8-9H,4-7H2,1H3,(H,14,15). The number of carbonyl (C=O) groups excluding carboxylic acids is 1. The largest absolute Gasteiger partial charge is 0.381 e. The fourth-order valence-corrected chi connectivity index (χ4v) is 4.23. The number of nitrogens with one attached hydrogen (secondary N) is 1. The summed E-state index contributed by atoms with van der Waals surface area (Å²) in [7, 11) is 1.54. The number of hydrogen-bond acceptors (Lipinski definition) is 5. The predicted molar refractivity (Wildman–Crippen MR) is 77.6 cm³/mol. The average Bonchev–Trinajstić information content (AvgIpc) is 2.97. The number of thiophene rings is 1. The Kier molecular flexibility index (Phi) is 5.06. The zero-order valence-corrected chi connectivity index (χ0v) is 13.4. The van der Waals surface area contributed by atoms with Crippen LogP contribution in [0.1, 0.15) is 18.2 Å². The second-order valence-electron chi connectivity index (χ2n) is 4.82. The summed E-state index contributed by atoms with van der Waals surface area (Å²) in [5.41, 5.74) is 0. The summed E-state index contributed by atoms with van der Waals surface area (Å²) >= 11 is 1.02. The second kappa shape index (κ2) is 6.43. The Morgan fingerprint density at radius 2 is 2.35 bits per heavy atom. The Morgan fingerprint density at radius 3 is 2.90 bits per heavy atom. The maximum Gasteiger partial charge on any atom is 0.270 e. The fourth-order valence-electron chi connectivity index (χ4n) is 2.11. The van der Waals surface area contributed by atoms with Crippen molar-refractivity contribution < 1.29 is 17.9 Å². The molecule has 0 aliphatic carbocycles. The van der Waals surface area contributed by atoms with E-state index in [1.54, 1.807) is 6.07 Å². The molecule has 1 amide bonds. The minimum absolute atomic E-state index is 0.0567. The van der Waals surface area contributed by atoms with E-state index in [1.165, 1.54) is 6.07 Å². The van der Waals surface area contributed by atoms with Crippen molar-refractivity contribution >= 4 is 37.0 Å². The van der Waals surface area contributed by atoms with Gasteiger partial charge in [0.2, 0.25) is 5.91 Å². The summed E-state index contributed by atoms with van der Waals surface area (Å²) in [4.78, 5) is 12.6. The van der Waals surface area contributed by atoms with E-state index < -0.39 is 9.05 Å². The zero-order valence-electron chi connectivity index (χ0n) is 11.0. The molecular weight excluding hydrogens is 322 g/mol. The molecule has 0 radical (unpaired) electrons. The Hall–Kier alpha value is -0.630. The number of carbonyl (C=O) groups is 1. The lowest BCUT2D eigenvalue weighted by Crippen LogP contribution is -2.39. The molecule has 1 aliphatic rings. The van der Waals surface area contributed by atoms with Gasteiger partial charge in [-0.05, 0) is 25.5 Å². The molecule has 20 heavy (non-hydrogen) atoms. The highest BCUT2D eigenvalue weighted by molar-refractivity contribution is 8.15. The average molecular weight is 338 g/mol. The minimum Gasteiger partial charge on any atom is -0.381 e. The van der Waals surface area contributed by atoms with Crippen molar-refractivity contribution in [3.63, 3.8) is 0 Å². The maximum absolute atomic E-state index is 11.9. The molecule has 1 fully saturated rings. The maximum atomic E-state index is 11.9. The van der Waals surface area contributed by atoms with Crippen LogP contribution in [-0.2, 0) is 25.0 Å². The third-order valence-corrected chi connectivity index (χ3v) is 6.45. The Labute approximate surface area is 126 Å². The molecule has 1 aliphatic heterocycles. The third-order valence-electron chi connectivity index (χ3n) is 3.27. The molecule has 0 bridgehead atoms. The summed E-state index contributed by atoms with van der Waals surface area (Å²) in [6, 6.07) is 3.09. The number of ether oxygens (including phenoxy) is 1. The highest BCUT2D eigenvalue weighted by Gasteiger charge is 2.23. The van der Waals surface area contributed by atoms with Crippen molar-refractivity contribution in [2.24, 2.45) is 5.92 Å². The molecule has 2 heterocycles. The van der Waals surface area contributed by atoms with E-state index in [4.69, 9.17) is 15.4 Å². The van der Waals surface area contributed by atoms with Crippen LogP contribution in [0.4, 0.5) is 0 Å². The quantitative estimate of drug-likeness (QED) is 0.831. The van der Waals surface area contributed by atoms with E-state index in [0.29, 0.717) is 17.4 Å². The van der Waals surface area contributed by atoms with Gasteiger partial charge >= 0.3 is 0 Å². The van der Waals surface area contributed by atoms with Crippen molar-refractivity contribution in [3.8, 4) is 0 Å². The van der Waals surface area contributed by atoms with Gasteiger partial charge in [-0.2, -0.15) is 0 Å². The molecule has 0 spiro atoms. The second-order valence-corrected chi connectivity index (χ2v) is 8.78. The number of rotatable bonds is 5. The first kappa shape index (κ1) is 15.8. The molecular formula is C12H16ClNO4S2. The van der Waals surface area contributed by atoms with Crippen LogP contribution in [0.25, 0.3) is 0 Å². The SMILES string of the molecule is CC(NC(=O)Cc1ccc(S(=O)(=O)Cl)s1)C1CCOC1. The smallest absolute Gasteiger partial charge is 0.270 e. The van der Waals surface area contributed by atoms with Crippen molar-refractivity contribution in [3.05, 3.63) is 17.0 Å². The van der Waals surface area contributed by atoms with E-state index in [9.17, 15) is 13.2 Å². The highest BCUT2D eigenvalue weighted by Crippen LogP contribution is 2.25. The molecule has 8 heteroatoms. The topological polar surface area (TPSA) is 72.5 Å². The molecule has 1 saturated heterocycles. The van der Waals surface area contributed by atoms with Crippen molar-refractivity contribution in [2.75, 3.05) is 13.2 Å². The van der Waals surface area contributed by atoms with Crippen LogP contribution < -0.4 is 5.32 Å². The van der Waals surface area contributed by atoms with E-state index in [0.717, 1.165) is 24.4 Å². The summed E-state index contributed by atoms with van der Waals surface area (Å²) in [5.74, 6) is 0.228. The summed E-state index contributed by atoms with van der Waals surface area (Å²) in [6.45, 7) is 3.38. The molecule has 2 atom stereocenters. The van der Waals surface area contributed by atoms with Gasteiger partial charge in [0.25, 0.3) is 9.05 Å². The molecule has 1 aromatic rings. The van der Waals surface area contributed by atoms with Crippen LogP contribution >= 0.6 is 22.0 Å². The van der Waals surface area contributed by atoms with E-state index in [1.807, 2.05) is 6.92 Å². The summed E-state index contributed by atoms with van der Waals surface area (Å²) in [6.07, 6.45) is 1.12. The Bertz CT molecular complexity index is 578. The summed E-state index contributed by atoms with van der Waals surface area (Å²) in [5, 5.41) is 2.92. The van der Waals surface area contributed by atoms with Crippen LogP contribution in [0.2, 0.25) is 0 Å². The zero-order chi connectivity index (χ0) is 14.8. The van der Waals surface area contributed by atoms with Gasteiger partial charge in [-0.25, -0.2) is 8.42 Å². The fraction of sp³-hybridized carbons (Fsp3) is 0.583. The first-order chi connectivity index (χ1) is 9.36. The predicted octanol–water partition coefficient (Wildman–Crippen LogP) is 1.76. The molecule has 1 N–H and O–H groups in total. The molecule has 0 aromatic carbocycles. The molecule has 1 aromatic heterocycles. The molecule has 5 nitrogen and oxygen atoms in total. The van der Waals surface area contributed by atoms with E-state index in [2.05, 4.69) is 5.32 Å². The van der Waals surface area contributed by atoms with Crippen LogP contribution in [0.3, 0.4) is 0 Å². The van der Waals surface area contributed by atoms with Gasteiger partial charge in [0.15, 0.2) is 0 Å². The lowest BCUT2D eigenvalue weighted by molar-refractivity contribution is -0.121. The number of hydrogen-bond donors (Lipinski definition) is 1. The van der Waals surface area contributed by atoms with Gasteiger partial charge in [0.05, 0.1) is 13.0 Å². The van der Waals surface area contributed by atoms with Crippen molar-refractivity contribution in [2.45, 2.75) is 30.0 Å². The van der Waals surface area contributed by atoms with Crippen LogP contribution in [0, 0.1) is 5.92 Å². The lowest BCUT2D eigenvalue weighted by atomic mass is 10.0. The Balaban J connectivity index is 1.89. The van der Waals surface area contributed by atoms with E-state index in [-0.39, 0.29) is 22.6 Å². The Morgan fingerprint density at radius 1 is 1.60 bits per heavy atom. The summed E-state index contributed by atoms with van der Waals surface area (Å²) < 4.78 is 27.6. The normalized spacial score (nSPS) is 20.8. The number of halogens is 1. The third kappa shape index (κ3) is 4.18. The van der Waals surface area contributed by atoms with E-state index >= 15 is 0 Å². The van der Waals surface area contributed by atoms with Gasteiger partial charge in [-0.3, -0.25) is 4.79 Å². The molecule has 2 unspecified atom stereocenters. The van der Waals surface area contributed by atoms with Gasteiger partial charge in [-0.1, -0.05) is 0 Å². The van der Waals surface area contributed by atoms with Gasteiger partial charge < -0.3 is 10.1 Å². The highest BCUT2D eigenvalue weighted by atomic mass is 35.7. The first-order valence-corrected chi connectivity index (χ1v) is 9.39. The van der Waals surface area contributed by atoms with Crippen molar-refractivity contribution in [1.29, 1.82) is 0 Å². The molecule has 112 valence electrons. The number of amides is 1. The van der Waals surface area contributed by atoms with Crippen LogP contribution in [0.5, 0.6) is 0 Å². The van der Waals surface area contributed by atoms with Gasteiger partial charge in [0.1, 0.15) is 4.21 Å². The van der Waals surface area contributed by atoms with Gasteiger partial charge in [-0.15, -0.1) is 11.3 Å². The first-order valence-electron chi connectivity index (χ1n) is 6.27.